The highest BCUT2D eigenvalue weighted by Crippen LogP contribution is 2.21. The van der Waals surface area contributed by atoms with Gasteiger partial charge in [0.05, 0.1) is 12.6 Å². The van der Waals surface area contributed by atoms with Gasteiger partial charge >= 0.3 is 0 Å². The molecule has 0 bridgehead atoms. The van der Waals surface area contributed by atoms with Crippen molar-refractivity contribution in [2.24, 2.45) is 4.99 Å². The molecule has 0 aromatic carbocycles. The lowest BCUT2D eigenvalue weighted by molar-refractivity contribution is 0.120. The molecule has 6 heteroatoms. The zero-order valence-corrected chi connectivity index (χ0v) is 16.3. The van der Waals surface area contributed by atoms with E-state index in [0.717, 1.165) is 44.7 Å². The molecule has 1 fully saturated rings. The molecular weight excluding hydrogens is 385 g/mol. The SMILES string of the molecule is CCNC(=NCC(C)(C)SC)NC1CCC(O)CC1.I. The zero-order valence-electron chi connectivity index (χ0n) is 13.1. The predicted octanol–water partition coefficient (Wildman–Crippen LogP) is 2.60. The molecule has 1 rings (SSSR count). The van der Waals surface area contributed by atoms with Crippen molar-refractivity contribution in [3.8, 4) is 0 Å². The highest BCUT2D eigenvalue weighted by molar-refractivity contribution is 14.0. The van der Waals surface area contributed by atoms with Gasteiger partial charge in [0.1, 0.15) is 0 Å². The van der Waals surface area contributed by atoms with Gasteiger partial charge in [-0.2, -0.15) is 11.8 Å². The summed E-state index contributed by atoms with van der Waals surface area (Å²) in [6.45, 7) is 8.19. The number of rotatable bonds is 5. The number of aliphatic hydroxyl groups excluding tert-OH is 1. The summed E-state index contributed by atoms with van der Waals surface area (Å²) < 4.78 is 0.172. The van der Waals surface area contributed by atoms with Gasteiger partial charge in [-0.25, -0.2) is 0 Å². The molecule has 0 amide bonds. The normalized spacial score (nSPS) is 23.9. The summed E-state index contributed by atoms with van der Waals surface area (Å²) in [6.07, 6.45) is 5.86. The van der Waals surface area contributed by atoms with Gasteiger partial charge in [-0.1, -0.05) is 0 Å². The molecular formula is C14H30IN3OS. The summed E-state index contributed by atoms with van der Waals surface area (Å²) in [6, 6.07) is 0.443. The Hall–Kier alpha value is 0.310. The summed E-state index contributed by atoms with van der Waals surface area (Å²) in [4.78, 5) is 4.68. The molecule has 0 saturated heterocycles. The summed E-state index contributed by atoms with van der Waals surface area (Å²) in [5, 5.41) is 16.3. The van der Waals surface area contributed by atoms with Gasteiger partial charge in [-0.15, -0.1) is 24.0 Å². The third kappa shape index (κ3) is 7.93. The molecule has 1 saturated carbocycles. The fourth-order valence-electron chi connectivity index (χ4n) is 2.07. The third-order valence-electron chi connectivity index (χ3n) is 3.55. The molecule has 20 heavy (non-hydrogen) atoms. The first-order chi connectivity index (χ1) is 8.96. The number of hydrogen-bond donors (Lipinski definition) is 3. The topological polar surface area (TPSA) is 56.7 Å². The van der Waals surface area contributed by atoms with Crippen LogP contribution in [0.3, 0.4) is 0 Å². The monoisotopic (exact) mass is 415 g/mol. The molecule has 0 unspecified atom stereocenters. The van der Waals surface area contributed by atoms with Gasteiger partial charge in [-0.05, 0) is 52.7 Å². The summed E-state index contributed by atoms with van der Waals surface area (Å²) >= 11 is 1.84. The Bertz CT molecular complexity index is 292. The molecule has 0 aromatic rings. The van der Waals surface area contributed by atoms with Crippen LogP contribution in [0.25, 0.3) is 0 Å². The lowest BCUT2D eigenvalue weighted by atomic mass is 9.93. The molecule has 0 aromatic heterocycles. The third-order valence-corrected chi connectivity index (χ3v) is 4.79. The maximum atomic E-state index is 9.53. The van der Waals surface area contributed by atoms with Crippen molar-refractivity contribution in [2.45, 2.75) is 63.3 Å². The van der Waals surface area contributed by atoms with Crippen LogP contribution >= 0.6 is 35.7 Å². The van der Waals surface area contributed by atoms with Crippen LogP contribution < -0.4 is 10.6 Å². The molecule has 0 aliphatic heterocycles. The van der Waals surface area contributed by atoms with E-state index in [4.69, 9.17) is 0 Å². The Morgan fingerprint density at radius 3 is 2.40 bits per heavy atom. The first-order valence-corrected chi connectivity index (χ1v) is 8.47. The number of guanidine groups is 1. The highest BCUT2D eigenvalue weighted by atomic mass is 127. The molecule has 1 aliphatic rings. The van der Waals surface area contributed by atoms with Gasteiger partial charge in [-0.3, -0.25) is 4.99 Å². The number of halogens is 1. The fraction of sp³-hybridized carbons (Fsp3) is 0.929. The Kier molecular flexibility index (Phi) is 10.3. The van der Waals surface area contributed by atoms with Crippen LogP contribution in [0.5, 0.6) is 0 Å². The van der Waals surface area contributed by atoms with E-state index in [-0.39, 0.29) is 34.8 Å². The Morgan fingerprint density at radius 2 is 1.90 bits per heavy atom. The van der Waals surface area contributed by atoms with E-state index in [2.05, 4.69) is 42.7 Å². The second-order valence-electron chi connectivity index (χ2n) is 5.81. The fourth-order valence-corrected chi connectivity index (χ4v) is 2.26. The number of hydrogen-bond acceptors (Lipinski definition) is 3. The van der Waals surface area contributed by atoms with Gasteiger partial charge in [0.25, 0.3) is 0 Å². The van der Waals surface area contributed by atoms with Gasteiger partial charge in [0.2, 0.25) is 0 Å². The van der Waals surface area contributed by atoms with E-state index in [9.17, 15) is 5.11 Å². The van der Waals surface area contributed by atoms with E-state index in [1.807, 2.05) is 11.8 Å². The van der Waals surface area contributed by atoms with E-state index < -0.39 is 0 Å². The molecule has 4 nitrogen and oxygen atoms in total. The highest BCUT2D eigenvalue weighted by Gasteiger charge is 2.20. The number of aliphatic hydroxyl groups is 1. The molecule has 120 valence electrons. The number of nitrogens with one attached hydrogen (secondary N) is 2. The minimum absolute atomic E-state index is 0. The summed E-state index contributed by atoms with van der Waals surface area (Å²) in [5.74, 6) is 0.908. The van der Waals surface area contributed by atoms with Gasteiger partial charge in [0.15, 0.2) is 5.96 Å². The van der Waals surface area contributed by atoms with Crippen LogP contribution in [0.4, 0.5) is 0 Å². The molecule has 0 heterocycles. The van der Waals surface area contributed by atoms with Crippen LogP contribution in [-0.4, -0.2) is 47.3 Å². The maximum absolute atomic E-state index is 9.53. The van der Waals surface area contributed by atoms with Crippen LogP contribution in [0.2, 0.25) is 0 Å². The number of aliphatic imine (C=N–C) groups is 1. The van der Waals surface area contributed by atoms with Gasteiger partial charge in [0, 0.05) is 17.3 Å². The van der Waals surface area contributed by atoms with Crippen molar-refractivity contribution >= 4 is 41.7 Å². The first-order valence-electron chi connectivity index (χ1n) is 7.25. The van der Waals surface area contributed by atoms with Crippen LogP contribution in [0.1, 0.15) is 46.5 Å². The van der Waals surface area contributed by atoms with Crippen LogP contribution in [0.15, 0.2) is 4.99 Å². The predicted molar refractivity (Wildman–Crippen MR) is 100 cm³/mol. The van der Waals surface area contributed by atoms with Crippen molar-refractivity contribution in [1.82, 2.24) is 10.6 Å². The van der Waals surface area contributed by atoms with Gasteiger partial charge < -0.3 is 15.7 Å². The minimum atomic E-state index is -0.104. The Morgan fingerprint density at radius 1 is 1.30 bits per heavy atom. The Balaban J connectivity index is 0.00000361. The summed E-state index contributed by atoms with van der Waals surface area (Å²) in [7, 11) is 0. The van der Waals surface area contributed by atoms with E-state index in [1.165, 1.54) is 0 Å². The second kappa shape index (κ2) is 10.1. The van der Waals surface area contributed by atoms with Crippen molar-refractivity contribution in [2.75, 3.05) is 19.3 Å². The largest absolute Gasteiger partial charge is 0.393 e. The quantitative estimate of drug-likeness (QED) is 0.367. The lowest BCUT2D eigenvalue weighted by Gasteiger charge is -2.28. The van der Waals surface area contributed by atoms with Crippen LogP contribution in [0, 0.1) is 0 Å². The Labute approximate surface area is 145 Å². The second-order valence-corrected chi connectivity index (χ2v) is 7.32. The molecule has 0 radical (unpaired) electrons. The smallest absolute Gasteiger partial charge is 0.191 e. The average Bonchev–Trinajstić information content (AvgIpc) is 2.39. The molecule has 0 spiro atoms. The maximum Gasteiger partial charge on any atom is 0.191 e. The van der Waals surface area contributed by atoms with E-state index in [1.54, 1.807) is 0 Å². The van der Waals surface area contributed by atoms with Crippen molar-refractivity contribution in [3.05, 3.63) is 0 Å². The minimum Gasteiger partial charge on any atom is -0.393 e. The molecule has 1 aliphatic carbocycles. The molecule has 0 atom stereocenters. The van der Waals surface area contributed by atoms with Crippen molar-refractivity contribution in [3.63, 3.8) is 0 Å². The average molecular weight is 415 g/mol. The van der Waals surface area contributed by atoms with Crippen molar-refractivity contribution in [1.29, 1.82) is 0 Å². The molecule has 3 N–H and O–H groups in total. The zero-order chi connectivity index (χ0) is 14.3. The standard InChI is InChI=1S/C14H29N3OS.HI/c1-5-15-13(16-10-14(2,3)19-4)17-11-6-8-12(18)9-7-11;/h11-12,18H,5-10H2,1-4H3,(H2,15,16,17);1H. The van der Waals surface area contributed by atoms with Crippen molar-refractivity contribution < 1.29 is 5.11 Å². The van der Waals surface area contributed by atoms with Crippen LogP contribution in [-0.2, 0) is 0 Å². The number of nitrogens with zero attached hydrogens (tertiary/aromatic N) is 1. The lowest BCUT2D eigenvalue weighted by Crippen LogP contribution is -2.45. The van der Waals surface area contributed by atoms with E-state index >= 15 is 0 Å². The first kappa shape index (κ1) is 20.3. The summed E-state index contributed by atoms with van der Waals surface area (Å²) in [5.41, 5.74) is 0. The van der Waals surface area contributed by atoms with E-state index in [0.29, 0.717) is 6.04 Å². The number of thioether (sulfide) groups is 1.